The Balaban J connectivity index is 2.20. The summed E-state index contributed by atoms with van der Waals surface area (Å²) in [5.74, 6) is 0.406. The van der Waals surface area contributed by atoms with Gasteiger partial charge in [-0.3, -0.25) is 0 Å². The van der Waals surface area contributed by atoms with E-state index in [1.165, 1.54) is 0 Å². The summed E-state index contributed by atoms with van der Waals surface area (Å²) >= 11 is 6.25. The van der Waals surface area contributed by atoms with E-state index in [4.69, 9.17) is 21.4 Å². The molecule has 1 unspecified atom stereocenters. The van der Waals surface area contributed by atoms with Gasteiger partial charge in [0, 0.05) is 5.38 Å². The first-order valence-corrected chi connectivity index (χ1v) is 8.06. The van der Waals surface area contributed by atoms with Crippen LogP contribution < -0.4 is 4.74 Å². The van der Waals surface area contributed by atoms with Crippen LogP contribution >= 0.6 is 11.6 Å². The van der Waals surface area contributed by atoms with Crippen molar-refractivity contribution in [3.63, 3.8) is 0 Å². The lowest BCUT2D eigenvalue weighted by Gasteiger charge is -2.15. The van der Waals surface area contributed by atoms with E-state index in [1.807, 2.05) is 0 Å². The number of rotatable bonds is 10. The largest absolute Gasteiger partial charge is 0.494 e. The minimum absolute atomic E-state index is 0.278. The zero-order valence-corrected chi connectivity index (χ0v) is 13.6. The summed E-state index contributed by atoms with van der Waals surface area (Å²) in [7, 11) is 0. The van der Waals surface area contributed by atoms with Crippen molar-refractivity contribution in [2.75, 3.05) is 6.61 Å². The van der Waals surface area contributed by atoms with Gasteiger partial charge in [-0.1, -0.05) is 20.3 Å². The lowest BCUT2D eigenvalue weighted by atomic mass is 9.98. The van der Waals surface area contributed by atoms with Crippen LogP contribution in [-0.2, 0) is 0 Å². The second-order valence-electron chi connectivity index (χ2n) is 5.55. The van der Waals surface area contributed by atoms with Gasteiger partial charge in [-0.25, -0.2) is 4.79 Å². The van der Waals surface area contributed by atoms with Gasteiger partial charge in [-0.2, -0.15) is 0 Å². The smallest absolute Gasteiger partial charge is 0.335 e. The second kappa shape index (κ2) is 9.67. The number of carboxylic acid groups (broad SMARTS) is 1. The summed E-state index contributed by atoms with van der Waals surface area (Å²) in [5, 5.41) is 9.10. The third-order valence-electron chi connectivity index (χ3n) is 3.47. The fourth-order valence-electron chi connectivity index (χ4n) is 2.30. The van der Waals surface area contributed by atoms with Crippen LogP contribution in [0.3, 0.4) is 0 Å². The number of hydrogen-bond acceptors (Lipinski definition) is 2. The van der Waals surface area contributed by atoms with Crippen molar-refractivity contribution in [1.82, 2.24) is 0 Å². The Morgan fingerprint density at radius 2 is 1.95 bits per heavy atom. The highest BCUT2D eigenvalue weighted by Gasteiger charge is 2.09. The van der Waals surface area contributed by atoms with E-state index < -0.39 is 5.97 Å². The molecule has 2 atom stereocenters. The molecule has 0 saturated carbocycles. The Hall–Kier alpha value is -1.22. The first-order chi connectivity index (χ1) is 10.0. The summed E-state index contributed by atoms with van der Waals surface area (Å²) in [5.41, 5.74) is 0.278. The molecule has 0 aromatic heterocycles. The Kier molecular flexibility index (Phi) is 8.21. The summed E-state index contributed by atoms with van der Waals surface area (Å²) in [6.45, 7) is 5.04. The number of halogens is 1. The maximum atomic E-state index is 10.7. The standard InChI is InChI=1S/C17H25ClO3/c1-3-5-15(18)12-13(2)6-4-11-21-16-9-7-14(8-10-16)17(19)20/h7-10,13,15H,3-6,11-12H2,1-2H3,(H,19,20)/t13?,15-/m1/s1. The summed E-state index contributed by atoms with van der Waals surface area (Å²) in [6.07, 6.45) is 5.36. The van der Waals surface area contributed by atoms with Crippen molar-refractivity contribution in [3.8, 4) is 5.75 Å². The fourth-order valence-corrected chi connectivity index (χ4v) is 2.82. The predicted octanol–water partition coefficient (Wildman–Crippen LogP) is 4.98. The van der Waals surface area contributed by atoms with E-state index in [0.717, 1.165) is 32.1 Å². The quantitative estimate of drug-likeness (QED) is 0.489. The van der Waals surface area contributed by atoms with Gasteiger partial charge >= 0.3 is 5.97 Å². The molecule has 0 bridgehead atoms. The van der Waals surface area contributed by atoms with Crippen molar-refractivity contribution >= 4 is 17.6 Å². The first kappa shape index (κ1) is 17.8. The van der Waals surface area contributed by atoms with Gasteiger partial charge in [-0.15, -0.1) is 11.6 Å². The average molecular weight is 313 g/mol. The van der Waals surface area contributed by atoms with Crippen molar-refractivity contribution in [2.24, 2.45) is 5.92 Å². The molecule has 0 amide bonds. The monoisotopic (exact) mass is 312 g/mol. The van der Waals surface area contributed by atoms with Gasteiger partial charge < -0.3 is 9.84 Å². The van der Waals surface area contributed by atoms with E-state index in [-0.39, 0.29) is 10.9 Å². The van der Waals surface area contributed by atoms with Crippen molar-refractivity contribution < 1.29 is 14.6 Å². The molecule has 21 heavy (non-hydrogen) atoms. The molecular weight excluding hydrogens is 288 g/mol. The number of benzene rings is 1. The predicted molar refractivity (Wildman–Crippen MR) is 86.5 cm³/mol. The number of carbonyl (C=O) groups is 1. The molecule has 0 fully saturated rings. The molecule has 0 aliphatic heterocycles. The van der Waals surface area contributed by atoms with Crippen LogP contribution in [0.1, 0.15) is 56.3 Å². The topological polar surface area (TPSA) is 46.5 Å². The highest BCUT2D eigenvalue weighted by Crippen LogP contribution is 2.20. The zero-order chi connectivity index (χ0) is 15.7. The third-order valence-corrected chi connectivity index (χ3v) is 3.87. The molecular formula is C17H25ClO3. The summed E-state index contributed by atoms with van der Waals surface area (Å²) < 4.78 is 5.62. The van der Waals surface area contributed by atoms with Crippen LogP contribution in [0, 0.1) is 5.92 Å². The number of hydrogen-bond donors (Lipinski definition) is 1. The third kappa shape index (κ3) is 7.37. The SMILES string of the molecule is CCC[C@@H](Cl)CC(C)CCCOc1ccc(C(=O)O)cc1. The lowest BCUT2D eigenvalue weighted by Crippen LogP contribution is -2.07. The minimum atomic E-state index is -0.918. The molecule has 1 aromatic rings. The molecule has 0 aliphatic carbocycles. The lowest BCUT2D eigenvalue weighted by molar-refractivity contribution is 0.0697. The van der Waals surface area contributed by atoms with Crippen LogP contribution in [0.15, 0.2) is 24.3 Å². The molecule has 4 heteroatoms. The number of ether oxygens (including phenoxy) is 1. The van der Waals surface area contributed by atoms with E-state index in [2.05, 4.69) is 13.8 Å². The number of carboxylic acids is 1. The minimum Gasteiger partial charge on any atom is -0.494 e. The van der Waals surface area contributed by atoms with Crippen LogP contribution in [0.25, 0.3) is 0 Å². The van der Waals surface area contributed by atoms with Crippen LogP contribution in [0.2, 0.25) is 0 Å². The fraction of sp³-hybridized carbons (Fsp3) is 0.588. The van der Waals surface area contributed by atoms with Crippen molar-refractivity contribution in [3.05, 3.63) is 29.8 Å². The van der Waals surface area contributed by atoms with Gasteiger partial charge in [0.15, 0.2) is 0 Å². The number of alkyl halides is 1. The summed E-state index contributed by atoms with van der Waals surface area (Å²) in [6, 6.07) is 6.51. The van der Waals surface area contributed by atoms with Crippen molar-refractivity contribution in [1.29, 1.82) is 0 Å². The van der Waals surface area contributed by atoms with Crippen molar-refractivity contribution in [2.45, 2.75) is 51.3 Å². The Morgan fingerprint density at radius 3 is 2.52 bits per heavy atom. The molecule has 0 radical (unpaired) electrons. The van der Waals surface area contributed by atoms with Gasteiger partial charge in [0.05, 0.1) is 12.2 Å². The maximum absolute atomic E-state index is 10.7. The Morgan fingerprint density at radius 1 is 1.29 bits per heavy atom. The van der Waals surface area contributed by atoms with Gasteiger partial charge in [0.25, 0.3) is 0 Å². The zero-order valence-electron chi connectivity index (χ0n) is 12.8. The Labute approximate surface area is 132 Å². The highest BCUT2D eigenvalue weighted by atomic mass is 35.5. The molecule has 1 rings (SSSR count). The molecule has 118 valence electrons. The first-order valence-electron chi connectivity index (χ1n) is 7.63. The van der Waals surface area contributed by atoms with Gasteiger partial charge in [0.1, 0.15) is 5.75 Å². The van der Waals surface area contributed by atoms with E-state index in [1.54, 1.807) is 24.3 Å². The molecule has 1 aromatic carbocycles. The van der Waals surface area contributed by atoms with Crippen LogP contribution in [-0.4, -0.2) is 23.1 Å². The molecule has 0 heterocycles. The van der Waals surface area contributed by atoms with Crippen LogP contribution in [0.5, 0.6) is 5.75 Å². The van der Waals surface area contributed by atoms with Gasteiger partial charge in [0.2, 0.25) is 0 Å². The van der Waals surface area contributed by atoms with Crippen LogP contribution in [0.4, 0.5) is 0 Å². The summed E-state index contributed by atoms with van der Waals surface area (Å²) in [4.78, 5) is 10.7. The average Bonchev–Trinajstić information content (AvgIpc) is 2.44. The molecule has 0 aliphatic rings. The maximum Gasteiger partial charge on any atom is 0.335 e. The highest BCUT2D eigenvalue weighted by molar-refractivity contribution is 6.20. The Bertz CT molecular complexity index is 417. The van der Waals surface area contributed by atoms with E-state index in [9.17, 15) is 4.79 Å². The second-order valence-corrected chi connectivity index (χ2v) is 6.16. The van der Waals surface area contributed by atoms with E-state index in [0.29, 0.717) is 18.3 Å². The van der Waals surface area contributed by atoms with Gasteiger partial charge in [-0.05, 0) is 55.9 Å². The number of aromatic carboxylic acids is 1. The molecule has 0 saturated heterocycles. The molecule has 3 nitrogen and oxygen atoms in total. The normalized spacial score (nSPS) is 13.7. The molecule has 1 N–H and O–H groups in total. The molecule has 0 spiro atoms. The van der Waals surface area contributed by atoms with E-state index >= 15 is 0 Å².